The molecule has 0 unspecified atom stereocenters. The summed E-state index contributed by atoms with van der Waals surface area (Å²) in [5.41, 5.74) is 0. The number of ketones is 1. The summed E-state index contributed by atoms with van der Waals surface area (Å²) in [6.45, 7) is 3.48. The maximum Gasteiger partial charge on any atom is 0.469 e. The topological polar surface area (TPSA) is 136 Å². The molecule has 0 aliphatic carbocycles. The molecule has 0 heterocycles. The SMILES string of the molecule is CCCCCC/C=C\CCCCCCCCCC(=O)OC[C@H](COP(=O)(O)O)OC(=O)CCCCCCC/C=C\C=C\C(=O)CCCCC. The van der Waals surface area contributed by atoms with Gasteiger partial charge in [0.2, 0.25) is 0 Å². The Labute approximate surface area is 298 Å². The fourth-order valence-corrected chi connectivity index (χ4v) is 5.53. The number of ether oxygens (including phenoxy) is 2. The summed E-state index contributed by atoms with van der Waals surface area (Å²) in [5, 5.41) is 0. The van der Waals surface area contributed by atoms with Crippen molar-refractivity contribution in [3.63, 3.8) is 0 Å². The predicted molar refractivity (Wildman–Crippen MR) is 198 cm³/mol. The number of hydrogen-bond donors (Lipinski definition) is 2. The molecule has 2 N–H and O–H groups in total. The van der Waals surface area contributed by atoms with Crippen molar-refractivity contribution in [3.8, 4) is 0 Å². The van der Waals surface area contributed by atoms with Gasteiger partial charge in [-0.05, 0) is 63.9 Å². The van der Waals surface area contributed by atoms with E-state index in [1.807, 2.05) is 6.08 Å². The van der Waals surface area contributed by atoms with Gasteiger partial charge in [-0.1, -0.05) is 128 Å². The van der Waals surface area contributed by atoms with E-state index < -0.39 is 32.5 Å². The van der Waals surface area contributed by atoms with Crippen LogP contribution in [-0.2, 0) is 32.9 Å². The Kier molecular flexibility index (Phi) is 32.9. The zero-order chi connectivity index (χ0) is 36.3. The molecular weight excluding hydrogens is 643 g/mol. The molecule has 0 bridgehead atoms. The van der Waals surface area contributed by atoms with Crippen LogP contribution in [0, 0.1) is 0 Å². The number of carbonyl (C=O) groups is 3. The summed E-state index contributed by atoms with van der Waals surface area (Å²) in [6.07, 6.45) is 35.6. The smallest absolute Gasteiger partial charge is 0.462 e. The number of hydrogen-bond acceptors (Lipinski definition) is 7. The van der Waals surface area contributed by atoms with Crippen LogP contribution in [0.25, 0.3) is 0 Å². The molecule has 0 aliphatic heterocycles. The van der Waals surface area contributed by atoms with E-state index in [1.54, 1.807) is 12.2 Å². The average molecular weight is 713 g/mol. The Morgan fingerprint density at radius 3 is 1.61 bits per heavy atom. The lowest BCUT2D eigenvalue weighted by molar-refractivity contribution is -0.161. The van der Waals surface area contributed by atoms with E-state index in [0.29, 0.717) is 19.3 Å². The number of phosphoric acid groups is 1. The summed E-state index contributed by atoms with van der Waals surface area (Å²) >= 11 is 0. The largest absolute Gasteiger partial charge is 0.469 e. The molecule has 0 spiro atoms. The molecule has 0 aromatic rings. The predicted octanol–water partition coefficient (Wildman–Crippen LogP) is 10.6. The van der Waals surface area contributed by atoms with Gasteiger partial charge in [-0.25, -0.2) is 4.57 Å². The van der Waals surface area contributed by atoms with Crippen LogP contribution >= 0.6 is 7.82 Å². The summed E-state index contributed by atoms with van der Waals surface area (Å²) in [4.78, 5) is 54.4. The molecule has 0 aromatic carbocycles. The van der Waals surface area contributed by atoms with Gasteiger partial charge in [-0.15, -0.1) is 0 Å². The second-order valence-corrected chi connectivity index (χ2v) is 14.2. The quantitative estimate of drug-likeness (QED) is 0.0164. The maximum atomic E-state index is 12.4. The standard InChI is InChI=1S/C39H69O9P/c1-3-5-7-8-9-10-11-12-13-14-15-18-21-24-28-32-38(41)46-34-37(35-47-49(43,44)45)48-39(42)33-29-25-22-19-16-17-20-23-27-31-36(40)30-26-6-4-2/h10-11,20,23,27,31,37H,3-9,12-19,21-22,24-26,28-30,32-35H2,1-2H3,(H2,43,44,45)/b11-10-,23-20-,31-27+/t37-/m1/s1. The number of carbonyl (C=O) groups excluding carboxylic acids is 3. The van der Waals surface area contributed by atoms with E-state index in [-0.39, 0.29) is 25.2 Å². The lowest BCUT2D eigenvalue weighted by atomic mass is 10.1. The van der Waals surface area contributed by atoms with Gasteiger partial charge in [0.15, 0.2) is 11.9 Å². The van der Waals surface area contributed by atoms with Gasteiger partial charge in [0, 0.05) is 19.3 Å². The van der Waals surface area contributed by atoms with Crippen LogP contribution in [0.5, 0.6) is 0 Å². The highest BCUT2D eigenvalue weighted by atomic mass is 31.2. The van der Waals surface area contributed by atoms with E-state index in [1.165, 1.54) is 51.4 Å². The first-order valence-electron chi connectivity index (χ1n) is 19.2. The first-order valence-corrected chi connectivity index (χ1v) is 20.8. The zero-order valence-corrected chi connectivity index (χ0v) is 31.7. The molecular formula is C39H69O9P. The molecule has 0 amide bonds. The molecule has 9 nitrogen and oxygen atoms in total. The minimum absolute atomic E-state index is 0.160. The van der Waals surface area contributed by atoms with E-state index in [4.69, 9.17) is 19.3 Å². The summed E-state index contributed by atoms with van der Waals surface area (Å²) < 4.78 is 26.3. The highest BCUT2D eigenvalue weighted by Gasteiger charge is 2.22. The lowest BCUT2D eigenvalue weighted by Crippen LogP contribution is -2.29. The van der Waals surface area contributed by atoms with Gasteiger partial charge >= 0.3 is 19.8 Å². The first-order chi connectivity index (χ1) is 23.7. The Hall–Kier alpha value is -2.06. The second-order valence-electron chi connectivity index (χ2n) is 12.9. The summed E-state index contributed by atoms with van der Waals surface area (Å²) in [6, 6.07) is 0. The Morgan fingerprint density at radius 2 is 1.04 bits per heavy atom. The van der Waals surface area contributed by atoms with Crippen LogP contribution in [0.3, 0.4) is 0 Å². The van der Waals surface area contributed by atoms with Crippen molar-refractivity contribution in [1.29, 1.82) is 0 Å². The number of rotatable bonds is 35. The molecule has 0 saturated carbocycles. The molecule has 49 heavy (non-hydrogen) atoms. The van der Waals surface area contributed by atoms with Crippen molar-refractivity contribution < 1.29 is 42.7 Å². The molecule has 10 heteroatoms. The van der Waals surface area contributed by atoms with E-state index >= 15 is 0 Å². The minimum atomic E-state index is -4.77. The molecule has 0 aromatic heterocycles. The Balaban J connectivity index is 4.04. The fourth-order valence-electron chi connectivity index (χ4n) is 5.17. The van der Waals surface area contributed by atoms with Crippen molar-refractivity contribution >= 4 is 25.5 Å². The van der Waals surface area contributed by atoms with Crippen LogP contribution in [-0.4, -0.2) is 46.8 Å². The van der Waals surface area contributed by atoms with Crippen molar-refractivity contribution in [2.75, 3.05) is 13.2 Å². The van der Waals surface area contributed by atoms with Gasteiger partial charge in [-0.2, -0.15) is 0 Å². The zero-order valence-electron chi connectivity index (χ0n) is 30.8. The number of allylic oxidation sites excluding steroid dienone is 6. The van der Waals surface area contributed by atoms with Crippen molar-refractivity contribution in [2.45, 2.75) is 180 Å². The van der Waals surface area contributed by atoms with Gasteiger partial charge in [0.25, 0.3) is 0 Å². The van der Waals surface area contributed by atoms with Crippen LogP contribution < -0.4 is 0 Å². The molecule has 0 saturated heterocycles. The molecule has 284 valence electrons. The van der Waals surface area contributed by atoms with Gasteiger partial charge in [0.1, 0.15) is 6.61 Å². The van der Waals surface area contributed by atoms with Gasteiger partial charge < -0.3 is 19.3 Å². The molecule has 0 radical (unpaired) electrons. The lowest BCUT2D eigenvalue weighted by Gasteiger charge is -2.18. The van der Waals surface area contributed by atoms with Crippen molar-refractivity contribution in [1.82, 2.24) is 0 Å². The second kappa shape index (κ2) is 34.4. The minimum Gasteiger partial charge on any atom is -0.462 e. The Morgan fingerprint density at radius 1 is 0.571 bits per heavy atom. The number of esters is 2. The average Bonchev–Trinajstić information content (AvgIpc) is 3.06. The van der Waals surface area contributed by atoms with Crippen molar-refractivity contribution in [2.24, 2.45) is 0 Å². The van der Waals surface area contributed by atoms with E-state index in [0.717, 1.165) is 77.0 Å². The summed E-state index contributed by atoms with van der Waals surface area (Å²) in [5.74, 6) is -0.782. The van der Waals surface area contributed by atoms with Crippen LogP contribution in [0.15, 0.2) is 36.5 Å². The van der Waals surface area contributed by atoms with Crippen molar-refractivity contribution in [3.05, 3.63) is 36.5 Å². The fraction of sp³-hybridized carbons (Fsp3) is 0.769. The molecule has 0 fully saturated rings. The normalized spacial score (nSPS) is 12.7. The van der Waals surface area contributed by atoms with Gasteiger partial charge in [-0.3, -0.25) is 18.9 Å². The number of phosphoric ester groups is 1. The highest BCUT2D eigenvalue weighted by molar-refractivity contribution is 7.46. The third kappa shape index (κ3) is 37.0. The van der Waals surface area contributed by atoms with Crippen LogP contribution in [0.1, 0.15) is 174 Å². The maximum absolute atomic E-state index is 12.4. The van der Waals surface area contributed by atoms with Gasteiger partial charge in [0.05, 0.1) is 6.61 Å². The highest BCUT2D eigenvalue weighted by Crippen LogP contribution is 2.36. The monoisotopic (exact) mass is 712 g/mol. The Bertz CT molecular complexity index is 954. The third-order valence-electron chi connectivity index (χ3n) is 8.11. The van der Waals surface area contributed by atoms with Crippen LogP contribution in [0.4, 0.5) is 0 Å². The molecule has 1 atom stereocenters. The number of unbranched alkanes of at least 4 members (excludes halogenated alkanes) is 18. The first kappa shape index (κ1) is 46.9. The summed E-state index contributed by atoms with van der Waals surface area (Å²) in [7, 11) is -4.77. The van der Waals surface area contributed by atoms with E-state index in [2.05, 4.69) is 36.6 Å². The molecule has 0 rings (SSSR count). The molecule has 0 aliphatic rings. The van der Waals surface area contributed by atoms with Crippen LogP contribution in [0.2, 0.25) is 0 Å². The third-order valence-corrected chi connectivity index (χ3v) is 8.59. The van der Waals surface area contributed by atoms with E-state index in [9.17, 15) is 18.9 Å².